The molecule has 1 aromatic carbocycles. The van der Waals surface area contributed by atoms with Crippen LogP contribution in [0.1, 0.15) is 12.5 Å². The first kappa shape index (κ1) is 16.5. The summed E-state index contributed by atoms with van der Waals surface area (Å²) in [6.07, 6.45) is 0.316. The summed E-state index contributed by atoms with van der Waals surface area (Å²) in [6.45, 7) is 3.81. The van der Waals surface area contributed by atoms with Gasteiger partial charge in [0.2, 0.25) is 5.91 Å². The van der Waals surface area contributed by atoms with Gasteiger partial charge < -0.3 is 19.5 Å². The Hall–Kier alpha value is -1.59. The lowest BCUT2D eigenvalue weighted by Gasteiger charge is -2.21. The highest BCUT2D eigenvalue weighted by atomic mass is 16.5. The predicted octanol–water partition coefficient (Wildman–Crippen LogP) is 1.10. The molecule has 0 unspecified atom stereocenters. The Morgan fingerprint density at radius 3 is 2.50 bits per heavy atom. The second kappa shape index (κ2) is 9.34. The summed E-state index contributed by atoms with van der Waals surface area (Å²) in [5, 5.41) is 9.00. The van der Waals surface area contributed by atoms with Crippen LogP contribution in [0.2, 0.25) is 0 Å². The zero-order chi connectivity index (χ0) is 14.8. The minimum atomic E-state index is -0.0429. The molecule has 0 fully saturated rings. The van der Waals surface area contributed by atoms with Crippen molar-refractivity contribution in [1.82, 2.24) is 4.90 Å². The molecule has 1 rings (SSSR count). The number of hydrogen-bond acceptors (Lipinski definition) is 4. The fraction of sp³-hybridized carbons (Fsp3) is 0.533. The van der Waals surface area contributed by atoms with Gasteiger partial charge >= 0.3 is 0 Å². The van der Waals surface area contributed by atoms with Crippen molar-refractivity contribution in [3.63, 3.8) is 0 Å². The van der Waals surface area contributed by atoms with Crippen LogP contribution in [-0.4, -0.2) is 55.9 Å². The number of methoxy groups -OCH3 is 1. The molecular formula is C15H23NO4. The number of ether oxygens (including phenoxy) is 2. The van der Waals surface area contributed by atoms with Gasteiger partial charge in [-0.25, -0.2) is 0 Å². The van der Waals surface area contributed by atoms with E-state index in [1.807, 2.05) is 31.2 Å². The van der Waals surface area contributed by atoms with Crippen LogP contribution in [0, 0.1) is 0 Å². The SMILES string of the molecule is CCOc1ccc(CC(=O)N(CCO)CCOC)cc1. The molecule has 0 heterocycles. The highest BCUT2D eigenvalue weighted by Crippen LogP contribution is 2.13. The number of nitrogens with zero attached hydrogens (tertiary/aromatic N) is 1. The molecule has 0 spiro atoms. The van der Waals surface area contributed by atoms with Gasteiger partial charge in [0.25, 0.3) is 0 Å². The number of hydrogen-bond donors (Lipinski definition) is 1. The van der Waals surface area contributed by atoms with Gasteiger partial charge in [-0.15, -0.1) is 0 Å². The number of benzene rings is 1. The molecule has 0 aliphatic heterocycles. The summed E-state index contributed by atoms with van der Waals surface area (Å²) in [7, 11) is 1.59. The molecule has 5 heteroatoms. The van der Waals surface area contributed by atoms with E-state index < -0.39 is 0 Å². The van der Waals surface area contributed by atoms with E-state index in [9.17, 15) is 4.79 Å². The lowest BCUT2D eigenvalue weighted by Crippen LogP contribution is -2.37. The molecule has 0 aromatic heterocycles. The molecule has 0 atom stereocenters. The third-order valence-corrected chi connectivity index (χ3v) is 2.88. The third-order valence-electron chi connectivity index (χ3n) is 2.88. The topological polar surface area (TPSA) is 59.0 Å². The molecule has 0 saturated carbocycles. The second-order valence-electron chi connectivity index (χ2n) is 4.35. The van der Waals surface area contributed by atoms with Gasteiger partial charge in [0, 0.05) is 20.2 Å². The molecular weight excluding hydrogens is 258 g/mol. The van der Waals surface area contributed by atoms with Crippen molar-refractivity contribution in [2.24, 2.45) is 0 Å². The van der Waals surface area contributed by atoms with E-state index in [2.05, 4.69) is 0 Å². The van der Waals surface area contributed by atoms with Crippen LogP contribution in [0.15, 0.2) is 24.3 Å². The van der Waals surface area contributed by atoms with Crippen molar-refractivity contribution in [2.75, 3.05) is 40.0 Å². The number of amides is 1. The molecule has 0 aliphatic rings. The van der Waals surface area contributed by atoms with E-state index in [0.717, 1.165) is 11.3 Å². The van der Waals surface area contributed by atoms with Crippen molar-refractivity contribution in [3.8, 4) is 5.75 Å². The minimum Gasteiger partial charge on any atom is -0.494 e. The average molecular weight is 281 g/mol. The average Bonchev–Trinajstić information content (AvgIpc) is 2.45. The highest BCUT2D eigenvalue weighted by molar-refractivity contribution is 5.78. The maximum Gasteiger partial charge on any atom is 0.227 e. The first-order valence-corrected chi connectivity index (χ1v) is 6.80. The van der Waals surface area contributed by atoms with Crippen molar-refractivity contribution >= 4 is 5.91 Å². The van der Waals surface area contributed by atoms with E-state index >= 15 is 0 Å². The van der Waals surface area contributed by atoms with E-state index in [1.54, 1.807) is 12.0 Å². The Bertz CT molecular complexity index is 391. The summed E-state index contributed by atoms with van der Waals surface area (Å²) < 4.78 is 10.3. The first-order chi connectivity index (χ1) is 9.71. The van der Waals surface area contributed by atoms with E-state index in [1.165, 1.54) is 0 Å². The molecule has 0 aliphatic carbocycles. The molecule has 5 nitrogen and oxygen atoms in total. The first-order valence-electron chi connectivity index (χ1n) is 6.80. The summed E-state index contributed by atoms with van der Waals surface area (Å²) >= 11 is 0. The number of carbonyl (C=O) groups excluding carboxylic acids is 1. The Labute approximate surface area is 120 Å². The standard InChI is InChI=1S/C15H23NO4/c1-3-20-14-6-4-13(5-7-14)12-15(18)16(8-10-17)9-11-19-2/h4-7,17H,3,8-12H2,1-2H3. The zero-order valence-electron chi connectivity index (χ0n) is 12.2. The van der Waals surface area contributed by atoms with Gasteiger partial charge in [-0.1, -0.05) is 12.1 Å². The molecule has 0 bridgehead atoms. The largest absolute Gasteiger partial charge is 0.494 e. The Balaban J connectivity index is 2.57. The Morgan fingerprint density at radius 2 is 1.95 bits per heavy atom. The number of carbonyl (C=O) groups is 1. The van der Waals surface area contributed by atoms with Crippen LogP contribution in [-0.2, 0) is 16.0 Å². The summed E-state index contributed by atoms with van der Waals surface area (Å²) in [4.78, 5) is 13.8. The molecule has 1 aromatic rings. The van der Waals surface area contributed by atoms with Crippen LogP contribution in [0.5, 0.6) is 5.75 Å². The highest BCUT2D eigenvalue weighted by Gasteiger charge is 2.13. The fourth-order valence-electron chi connectivity index (χ4n) is 1.84. The Morgan fingerprint density at radius 1 is 1.25 bits per heavy atom. The van der Waals surface area contributed by atoms with Crippen LogP contribution in [0.25, 0.3) is 0 Å². The smallest absolute Gasteiger partial charge is 0.227 e. The quantitative estimate of drug-likeness (QED) is 0.736. The Kier molecular flexibility index (Phi) is 7.69. The minimum absolute atomic E-state index is 0.0136. The molecule has 1 amide bonds. The predicted molar refractivity (Wildman–Crippen MR) is 76.9 cm³/mol. The molecule has 0 saturated heterocycles. The van der Waals surface area contributed by atoms with Gasteiger partial charge in [-0.2, -0.15) is 0 Å². The monoisotopic (exact) mass is 281 g/mol. The van der Waals surface area contributed by atoms with Gasteiger partial charge in [0.1, 0.15) is 5.75 Å². The van der Waals surface area contributed by atoms with Crippen LogP contribution in [0.4, 0.5) is 0 Å². The second-order valence-corrected chi connectivity index (χ2v) is 4.35. The van der Waals surface area contributed by atoms with Crippen molar-refractivity contribution in [2.45, 2.75) is 13.3 Å². The van der Waals surface area contributed by atoms with E-state index in [0.29, 0.717) is 32.7 Å². The van der Waals surface area contributed by atoms with Crippen LogP contribution in [0.3, 0.4) is 0 Å². The van der Waals surface area contributed by atoms with Gasteiger partial charge in [0.15, 0.2) is 0 Å². The third kappa shape index (κ3) is 5.59. The summed E-state index contributed by atoms with van der Waals surface area (Å²) in [6, 6.07) is 7.49. The maximum atomic E-state index is 12.1. The number of rotatable bonds is 9. The molecule has 112 valence electrons. The summed E-state index contributed by atoms with van der Waals surface area (Å²) in [5.41, 5.74) is 0.929. The van der Waals surface area contributed by atoms with E-state index in [-0.39, 0.29) is 12.5 Å². The van der Waals surface area contributed by atoms with Gasteiger partial charge in [-0.05, 0) is 24.6 Å². The number of aliphatic hydroxyl groups excluding tert-OH is 1. The maximum absolute atomic E-state index is 12.1. The lowest BCUT2D eigenvalue weighted by atomic mass is 10.1. The van der Waals surface area contributed by atoms with Crippen LogP contribution >= 0.6 is 0 Å². The van der Waals surface area contributed by atoms with E-state index in [4.69, 9.17) is 14.6 Å². The van der Waals surface area contributed by atoms with Gasteiger partial charge in [-0.3, -0.25) is 4.79 Å². The molecule has 0 radical (unpaired) electrons. The lowest BCUT2D eigenvalue weighted by molar-refractivity contribution is -0.131. The van der Waals surface area contributed by atoms with Crippen molar-refractivity contribution in [1.29, 1.82) is 0 Å². The normalized spacial score (nSPS) is 10.3. The molecule has 20 heavy (non-hydrogen) atoms. The fourth-order valence-corrected chi connectivity index (χ4v) is 1.84. The number of aliphatic hydroxyl groups is 1. The molecule has 1 N–H and O–H groups in total. The van der Waals surface area contributed by atoms with Crippen molar-refractivity contribution < 1.29 is 19.4 Å². The van der Waals surface area contributed by atoms with Crippen LogP contribution < -0.4 is 4.74 Å². The zero-order valence-corrected chi connectivity index (χ0v) is 12.2. The van der Waals surface area contributed by atoms with Crippen molar-refractivity contribution in [3.05, 3.63) is 29.8 Å². The van der Waals surface area contributed by atoms with Gasteiger partial charge in [0.05, 0.1) is 26.2 Å². The summed E-state index contributed by atoms with van der Waals surface area (Å²) in [5.74, 6) is 0.788.